The average molecular weight is 395 g/mol. The Balaban J connectivity index is 1.72. The molecule has 3 unspecified atom stereocenters. The largest absolute Gasteiger partial charge is 0.507 e. The van der Waals surface area contributed by atoms with Gasteiger partial charge in [0.25, 0.3) is 0 Å². The maximum atomic E-state index is 11.6. The van der Waals surface area contributed by atoms with Crippen LogP contribution < -0.4 is 5.32 Å². The summed E-state index contributed by atoms with van der Waals surface area (Å²) in [7, 11) is -1.29. The standard InChI is InChI=1S/C19H26N2O3S2/c1-14(7-9-25-13-15-4-3-8-20-11-15)21-12-18(23)16-5-6-17(22)19(10-16)26(2)24/h3-6,8,10-11,14,18,21-23H,7,9,12-13H2,1-2H3. The summed E-state index contributed by atoms with van der Waals surface area (Å²) in [5.74, 6) is 1.97. The minimum atomic E-state index is -1.29. The third kappa shape index (κ3) is 6.72. The number of aliphatic hydroxyl groups is 1. The van der Waals surface area contributed by atoms with Gasteiger partial charge in [-0.1, -0.05) is 12.1 Å². The fourth-order valence-corrected chi connectivity index (χ4v) is 4.17. The fourth-order valence-electron chi connectivity index (χ4n) is 2.43. The summed E-state index contributed by atoms with van der Waals surface area (Å²) in [6.45, 7) is 2.51. The molecular weight excluding hydrogens is 368 g/mol. The van der Waals surface area contributed by atoms with Crippen LogP contribution in [0.15, 0.2) is 47.6 Å². The predicted octanol–water partition coefficient (Wildman–Crippen LogP) is 2.86. The van der Waals surface area contributed by atoms with Crippen LogP contribution in [0.3, 0.4) is 0 Å². The van der Waals surface area contributed by atoms with Gasteiger partial charge in [0.2, 0.25) is 0 Å². The van der Waals surface area contributed by atoms with E-state index in [0.29, 0.717) is 17.0 Å². The molecule has 0 fully saturated rings. The first kappa shape index (κ1) is 20.9. The zero-order valence-corrected chi connectivity index (χ0v) is 16.7. The molecule has 0 aliphatic heterocycles. The van der Waals surface area contributed by atoms with Crippen molar-refractivity contribution >= 4 is 22.6 Å². The lowest BCUT2D eigenvalue weighted by molar-refractivity contribution is 0.170. The maximum Gasteiger partial charge on any atom is 0.131 e. The number of hydrogen-bond acceptors (Lipinski definition) is 6. The van der Waals surface area contributed by atoms with Gasteiger partial charge >= 0.3 is 0 Å². The number of aliphatic hydroxyl groups excluding tert-OH is 1. The lowest BCUT2D eigenvalue weighted by atomic mass is 10.1. The van der Waals surface area contributed by atoms with Gasteiger partial charge in [-0.05, 0) is 48.4 Å². The molecule has 3 N–H and O–H groups in total. The summed E-state index contributed by atoms with van der Waals surface area (Å²) < 4.78 is 11.6. The van der Waals surface area contributed by atoms with Gasteiger partial charge in [-0.15, -0.1) is 0 Å². The number of aromatic hydroxyl groups is 1. The third-order valence-corrected chi connectivity index (χ3v) is 6.03. The molecule has 0 radical (unpaired) electrons. The number of pyridine rings is 1. The first-order valence-electron chi connectivity index (χ1n) is 8.51. The lowest BCUT2D eigenvalue weighted by Gasteiger charge is -2.18. The van der Waals surface area contributed by atoms with E-state index in [1.807, 2.05) is 24.0 Å². The molecule has 0 aliphatic carbocycles. The molecule has 0 aliphatic rings. The SMILES string of the molecule is CC(CCSCc1cccnc1)NCC(O)c1ccc(O)c(S(C)=O)c1. The fraction of sp³-hybridized carbons (Fsp3) is 0.421. The van der Waals surface area contributed by atoms with Crippen molar-refractivity contribution in [2.24, 2.45) is 0 Å². The number of thioether (sulfide) groups is 1. The molecule has 0 spiro atoms. The van der Waals surface area contributed by atoms with Gasteiger partial charge in [-0.2, -0.15) is 11.8 Å². The molecule has 2 aromatic rings. The summed E-state index contributed by atoms with van der Waals surface area (Å²) >= 11 is 1.87. The number of benzene rings is 1. The van der Waals surface area contributed by atoms with Crippen LogP contribution in [0.5, 0.6) is 5.75 Å². The zero-order chi connectivity index (χ0) is 18.9. The maximum absolute atomic E-state index is 11.6. The van der Waals surface area contributed by atoms with Gasteiger partial charge in [0.05, 0.1) is 21.8 Å². The second kappa shape index (κ2) is 10.7. The van der Waals surface area contributed by atoms with Gasteiger partial charge in [0.1, 0.15) is 5.75 Å². The first-order chi connectivity index (χ1) is 12.5. The summed E-state index contributed by atoms with van der Waals surface area (Å²) in [6.07, 6.45) is 5.47. The van der Waals surface area contributed by atoms with Crippen molar-refractivity contribution in [2.75, 3.05) is 18.6 Å². The van der Waals surface area contributed by atoms with E-state index in [1.54, 1.807) is 18.3 Å². The Morgan fingerprint density at radius 3 is 2.85 bits per heavy atom. The van der Waals surface area contributed by atoms with E-state index in [2.05, 4.69) is 23.3 Å². The zero-order valence-electron chi connectivity index (χ0n) is 15.1. The van der Waals surface area contributed by atoms with Crippen molar-refractivity contribution in [1.29, 1.82) is 0 Å². The van der Waals surface area contributed by atoms with Gasteiger partial charge in [0, 0.05) is 37.0 Å². The predicted molar refractivity (Wildman–Crippen MR) is 108 cm³/mol. The smallest absolute Gasteiger partial charge is 0.131 e. The Hall–Kier alpha value is -1.41. The van der Waals surface area contributed by atoms with Crippen molar-refractivity contribution in [2.45, 2.75) is 36.1 Å². The van der Waals surface area contributed by atoms with E-state index in [4.69, 9.17) is 0 Å². The molecule has 26 heavy (non-hydrogen) atoms. The number of phenols is 1. The van der Waals surface area contributed by atoms with Gasteiger partial charge in [-0.3, -0.25) is 9.19 Å². The molecule has 142 valence electrons. The minimum Gasteiger partial charge on any atom is -0.507 e. The van der Waals surface area contributed by atoms with Crippen LogP contribution in [0.4, 0.5) is 0 Å². The number of nitrogens with one attached hydrogen (secondary N) is 1. The van der Waals surface area contributed by atoms with Crippen LogP contribution in [0, 0.1) is 0 Å². The van der Waals surface area contributed by atoms with Crippen LogP contribution >= 0.6 is 11.8 Å². The number of nitrogens with zero attached hydrogens (tertiary/aromatic N) is 1. The van der Waals surface area contributed by atoms with E-state index < -0.39 is 16.9 Å². The van der Waals surface area contributed by atoms with E-state index in [0.717, 1.165) is 17.9 Å². The molecule has 0 amide bonds. The van der Waals surface area contributed by atoms with Crippen molar-refractivity contribution < 1.29 is 14.4 Å². The van der Waals surface area contributed by atoms with E-state index in [1.165, 1.54) is 17.9 Å². The Morgan fingerprint density at radius 1 is 1.35 bits per heavy atom. The Morgan fingerprint density at radius 2 is 2.15 bits per heavy atom. The second-order valence-corrected chi connectivity index (χ2v) is 8.66. The molecule has 0 saturated heterocycles. The summed E-state index contributed by atoms with van der Waals surface area (Å²) in [5.41, 5.74) is 1.88. The van der Waals surface area contributed by atoms with Crippen molar-refractivity contribution in [3.05, 3.63) is 53.9 Å². The number of phenolic OH excluding ortho intramolecular Hbond substituents is 1. The molecule has 2 rings (SSSR count). The topological polar surface area (TPSA) is 82.5 Å². The highest BCUT2D eigenvalue weighted by Crippen LogP contribution is 2.24. The second-order valence-electron chi connectivity index (χ2n) is 6.21. The Labute approximate surface area is 161 Å². The van der Waals surface area contributed by atoms with Crippen LogP contribution in [-0.2, 0) is 16.6 Å². The van der Waals surface area contributed by atoms with Gasteiger partial charge in [-0.25, -0.2) is 0 Å². The van der Waals surface area contributed by atoms with Gasteiger partial charge in [0.15, 0.2) is 0 Å². The normalized spacial score (nSPS) is 14.7. The van der Waals surface area contributed by atoms with Crippen molar-refractivity contribution in [3.63, 3.8) is 0 Å². The molecule has 7 heteroatoms. The quantitative estimate of drug-likeness (QED) is 0.538. The Kier molecular flexibility index (Phi) is 8.58. The number of aromatic nitrogens is 1. The molecule has 1 aromatic heterocycles. The molecule has 1 aromatic carbocycles. The number of rotatable bonds is 10. The van der Waals surface area contributed by atoms with Crippen LogP contribution in [0.25, 0.3) is 0 Å². The molecule has 5 nitrogen and oxygen atoms in total. The molecule has 1 heterocycles. The lowest BCUT2D eigenvalue weighted by Crippen LogP contribution is -2.30. The highest BCUT2D eigenvalue weighted by molar-refractivity contribution is 7.98. The highest BCUT2D eigenvalue weighted by atomic mass is 32.2. The summed E-state index contributed by atoms with van der Waals surface area (Å²) in [5, 5.41) is 23.4. The summed E-state index contributed by atoms with van der Waals surface area (Å²) in [4.78, 5) is 4.46. The number of hydrogen-bond donors (Lipinski definition) is 3. The van der Waals surface area contributed by atoms with Gasteiger partial charge < -0.3 is 15.5 Å². The molecule has 3 atom stereocenters. The van der Waals surface area contributed by atoms with Crippen LogP contribution in [0.2, 0.25) is 0 Å². The Bertz CT molecular complexity index is 713. The van der Waals surface area contributed by atoms with Crippen LogP contribution in [-0.4, -0.2) is 44.0 Å². The molecular formula is C19H26N2O3S2. The summed E-state index contributed by atoms with van der Waals surface area (Å²) in [6, 6.07) is 9.05. The van der Waals surface area contributed by atoms with Crippen molar-refractivity contribution in [3.8, 4) is 5.75 Å². The average Bonchev–Trinajstić information content (AvgIpc) is 2.64. The third-order valence-electron chi connectivity index (χ3n) is 4.02. The molecule has 0 bridgehead atoms. The first-order valence-corrected chi connectivity index (χ1v) is 11.2. The molecule has 0 saturated carbocycles. The van der Waals surface area contributed by atoms with Crippen LogP contribution in [0.1, 0.15) is 30.6 Å². The van der Waals surface area contributed by atoms with E-state index in [9.17, 15) is 14.4 Å². The minimum absolute atomic E-state index is 0.00579. The van der Waals surface area contributed by atoms with Crippen molar-refractivity contribution in [1.82, 2.24) is 10.3 Å². The highest BCUT2D eigenvalue weighted by Gasteiger charge is 2.13. The monoisotopic (exact) mass is 394 g/mol. The van der Waals surface area contributed by atoms with E-state index in [-0.39, 0.29) is 11.8 Å². The van der Waals surface area contributed by atoms with E-state index >= 15 is 0 Å².